The van der Waals surface area contributed by atoms with E-state index in [0.717, 1.165) is 57.7 Å². The number of nitrogens with one attached hydrogen (secondary N) is 1. The van der Waals surface area contributed by atoms with E-state index in [0.29, 0.717) is 6.61 Å². The molecule has 2 N–H and O–H groups in total. The molecule has 0 saturated carbocycles. The molecular weight excluding hydrogens is 316 g/mol. The van der Waals surface area contributed by atoms with Crippen LogP contribution in [0, 0.1) is 0 Å². The van der Waals surface area contributed by atoms with E-state index in [4.69, 9.17) is 9.84 Å². The maximum absolute atomic E-state index is 10.4. The van der Waals surface area contributed by atoms with Crippen LogP contribution in [0.3, 0.4) is 0 Å². The third-order valence-electron chi connectivity index (χ3n) is 3.84. The lowest BCUT2D eigenvalue weighted by molar-refractivity contribution is -0.137. The molecule has 0 atom stereocenters. The lowest BCUT2D eigenvalue weighted by atomic mass is 10.2. The van der Waals surface area contributed by atoms with E-state index < -0.39 is 5.97 Å². The summed E-state index contributed by atoms with van der Waals surface area (Å²) in [7, 11) is 0. The van der Waals surface area contributed by atoms with E-state index in [2.05, 4.69) is 22.3 Å². The van der Waals surface area contributed by atoms with E-state index >= 15 is 0 Å². The van der Waals surface area contributed by atoms with Gasteiger partial charge in [0.25, 0.3) is 0 Å². The Hall–Kier alpha value is -1.30. The number of hydrogen-bond acceptors (Lipinski definition) is 4. The Kier molecular flexibility index (Phi) is 9.67. The topological polar surface area (TPSA) is 61.8 Å². The van der Waals surface area contributed by atoms with Crippen molar-refractivity contribution in [2.24, 2.45) is 0 Å². The fourth-order valence-corrected chi connectivity index (χ4v) is 2.56. The normalized spacial score (nSPS) is 15.0. The Morgan fingerprint density at radius 3 is 2.48 bits per heavy atom. The van der Waals surface area contributed by atoms with Gasteiger partial charge in [-0.05, 0) is 37.0 Å². The highest BCUT2D eigenvalue weighted by atomic mass is 35.5. The van der Waals surface area contributed by atoms with Gasteiger partial charge >= 0.3 is 5.97 Å². The molecule has 0 radical (unpaired) electrons. The lowest BCUT2D eigenvalue weighted by Gasteiger charge is -2.27. The zero-order valence-corrected chi connectivity index (χ0v) is 14.3. The number of halogens is 1. The summed E-state index contributed by atoms with van der Waals surface area (Å²) in [6, 6.07) is 8.30. The second kappa shape index (κ2) is 11.3. The third kappa shape index (κ3) is 8.21. The minimum absolute atomic E-state index is 0. The first kappa shape index (κ1) is 19.7. The predicted molar refractivity (Wildman–Crippen MR) is 93.4 cm³/mol. The molecule has 6 heteroatoms. The van der Waals surface area contributed by atoms with Crippen molar-refractivity contribution in [1.82, 2.24) is 10.2 Å². The number of carboxylic acid groups (broad SMARTS) is 1. The number of carboxylic acids is 1. The van der Waals surface area contributed by atoms with Gasteiger partial charge in [-0.25, -0.2) is 0 Å². The zero-order chi connectivity index (χ0) is 15.6. The van der Waals surface area contributed by atoms with E-state index in [9.17, 15) is 4.79 Å². The summed E-state index contributed by atoms with van der Waals surface area (Å²) in [6.45, 7) is 6.00. The molecule has 1 aromatic rings. The molecule has 1 saturated heterocycles. The first-order chi connectivity index (χ1) is 10.7. The first-order valence-corrected chi connectivity index (χ1v) is 8.10. The lowest BCUT2D eigenvalue weighted by Crippen LogP contribution is -2.42. The molecule has 0 bridgehead atoms. The van der Waals surface area contributed by atoms with Crippen LogP contribution in [0.1, 0.15) is 31.2 Å². The molecule has 0 aliphatic carbocycles. The Morgan fingerprint density at radius 2 is 1.83 bits per heavy atom. The highest BCUT2D eigenvalue weighted by Gasteiger charge is 2.09. The minimum atomic E-state index is -0.721. The fourth-order valence-electron chi connectivity index (χ4n) is 2.56. The second-order valence-corrected chi connectivity index (χ2v) is 5.72. The number of rotatable bonds is 9. The van der Waals surface area contributed by atoms with E-state index in [1.165, 1.54) is 5.56 Å². The molecule has 2 rings (SSSR count). The molecule has 5 nitrogen and oxygen atoms in total. The number of ether oxygens (including phenoxy) is 1. The van der Waals surface area contributed by atoms with Crippen molar-refractivity contribution in [1.29, 1.82) is 0 Å². The molecule has 1 fully saturated rings. The van der Waals surface area contributed by atoms with Crippen LogP contribution in [0.5, 0.6) is 5.75 Å². The Balaban J connectivity index is 0.00000264. The number of unbranched alkanes of at least 4 members (excludes halogenated alkanes) is 2. The molecule has 0 unspecified atom stereocenters. The summed E-state index contributed by atoms with van der Waals surface area (Å²) in [5.74, 6) is 0.170. The first-order valence-electron chi connectivity index (χ1n) is 8.10. The SMILES string of the molecule is Cl.O=C(O)CCCCCOc1ccc(CN2CCNCC2)cc1. The van der Waals surface area contributed by atoms with Crippen LogP contribution in [0.2, 0.25) is 0 Å². The van der Waals surface area contributed by atoms with E-state index in [1.807, 2.05) is 12.1 Å². The maximum atomic E-state index is 10.4. The van der Waals surface area contributed by atoms with Crippen LogP contribution in [-0.2, 0) is 11.3 Å². The van der Waals surface area contributed by atoms with Gasteiger partial charge in [0.1, 0.15) is 5.75 Å². The Labute approximate surface area is 144 Å². The average molecular weight is 343 g/mol. The largest absolute Gasteiger partial charge is 0.494 e. The van der Waals surface area contributed by atoms with E-state index in [-0.39, 0.29) is 18.8 Å². The summed E-state index contributed by atoms with van der Waals surface area (Å²) in [4.78, 5) is 12.8. The number of benzene rings is 1. The van der Waals surface area contributed by atoms with Gasteiger partial charge in [0.2, 0.25) is 0 Å². The highest BCUT2D eigenvalue weighted by molar-refractivity contribution is 5.85. The van der Waals surface area contributed by atoms with Crippen molar-refractivity contribution in [3.05, 3.63) is 29.8 Å². The van der Waals surface area contributed by atoms with Crippen molar-refractivity contribution in [2.45, 2.75) is 32.2 Å². The van der Waals surface area contributed by atoms with Gasteiger partial charge in [0.15, 0.2) is 0 Å². The summed E-state index contributed by atoms with van der Waals surface area (Å²) < 4.78 is 5.69. The predicted octanol–water partition coefficient (Wildman–Crippen LogP) is 2.54. The number of piperazine rings is 1. The monoisotopic (exact) mass is 342 g/mol. The minimum Gasteiger partial charge on any atom is -0.494 e. The quantitative estimate of drug-likeness (QED) is 0.675. The van der Waals surface area contributed by atoms with Crippen LogP contribution in [0.25, 0.3) is 0 Å². The van der Waals surface area contributed by atoms with Crippen LogP contribution in [0.4, 0.5) is 0 Å². The van der Waals surface area contributed by atoms with Crippen molar-refractivity contribution < 1.29 is 14.6 Å². The second-order valence-electron chi connectivity index (χ2n) is 5.72. The van der Waals surface area contributed by atoms with Gasteiger partial charge < -0.3 is 15.2 Å². The average Bonchev–Trinajstić information content (AvgIpc) is 2.53. The van der Waals surface area contributed by atoms with Crippen LogP contribution >= 0.6 is 12.4 Å². The molecule has 1 aliphatic heterocycles. The molecule has 23 heavy (non-hydrogen) atoms. The summed E-state index contributed by atoms with van der Waals surface area (Å²) in [5.41, 5.74) is 1.32. The molecule has 0 amide bonds. The molecule has 1 aliphatic rings. The van der Waals surface area contributed by atoms with Crippen molar-refractivity contribution in [3.63, 3.8) is 0 Å². The maximum Gasteiger partial charge on any atom is 0.303 e. The molecule has 1 heterocycles. The smallest absolute Gasteiger partial charge is 0.303 e. The standard InChI is InChI=1S/C17H26N2O3.ClH/c20-17(21)4-2-1-3-13-22-16-7-5-15(6-8-16)14-19-11-9-18-10-12-19;/h5-8,18H,1-4,9-14H2,(H,20,21);1H. The Bertz CT molecular complexity index is 448. The van der Waals surface area contributed by atoms with Gasteiger partial charge in [0, 0.05) is 39.1 Å². The summed E-state index contributed by atoms with van der Waals surface area (Å²) >= 11 is 0. The van der Waals surface area contributed by atoms with Crippen molar-refractivity contribution >= 4 is 18.4 Å². The van der Waals surface area contributed by atoms with Gasteiger partial charge in [-0.2, -0.15) is 0 Å². The highest BCUT2D eigenvalue weighted by Crippen LogP contribution is 2.14. The number of hydrogen-bond donors (Lipinski definition) is 2. The fraction of sp³-hybridized carbons (Fsp3) is 0.588. The summed E-state index contributed by atoms with van der Waals surface area (Å²) in [5, 5.41) is 11.9. The van der Waals surface area contributed by atoms with Crippen molar-refractivity contribution in [3.8, 4) is 5.75 Å². The summed E-state index contributed by atoms with van der Waals surface area (Å²) in [6.07, 6.45) is 2.77. The Morgan fingerprint density at radius 1 is 1.13 bits per heavy atom. The number of nitrogens with zero attached hydrogens (tertiary/aromatic N) is 1. The van der Waals surface area contributed by atoms with Gasteiger partial charge in [-0.15, -0.1) is 12.4 Å². The number of carbonyl (C=O) groups is 1. The van der Waals surface area contributed by atoms with Crippen LogP contribution < -0.4 is 10.1 Å². The van der Waals surface area contributed by atoms with Gasteiger partial charge in [-0.3, -0.25) is 9.69 Å². The third-order valence-corrected chi connectivity index (χ3v) is 3.84. The van der Waals surface area contributed by atoms with Crippen LogP contribution in [0.15, 0.2) is 24.3 Å². The van der Waals surface area contributed by atoms with Crippen LogP contribution in [-0.4, -0.2) is 48.8 Å². The molecule has 0 aromatic heterocycles. The number of aliphatic carboxylic acids is 1. The van der Waals surface area contributed by atoms with E-state index in [1.54, 1.807) is 0 Å². The molecular formula is C17H27ClN2O3. The molecule has 130 valence electrons. The zero-order valence-electron chi connectivity index (χ0n) is 13.5. The van der Waals surface area contributed by atoms with Gasteiger partial charge in [0.05, 0.1) is 6.61 Å². The van der Waals surface area contributed by atoms with Crippen molar-refractivity contribution in [2.75, 3.05) is 32.8 Å². The van der Waals surface area contributed by atoms with Gasteiger partial charge in [-0.1, -0.05) is 12.1 Å². The molecule has 1 aromatic carbocycles. The molecule has 0 spiro atoms.